The fourth-order valence-corrected chi connectivity index (χ4v) is 3.07. The van der Waals surface area contributed by atoms with Crippen molar-refractivity contribution in [1.29, 1.82) is 0 Å². The average molecular weight is 350 g/mol. The maximum atomic E-state index is 13.7. The first-order valence-corrected chi connectivity index (χ1v) is 8.43. The van der Waals surface area contributed by atoms with Gasteiger partial charge in [0.1, 0.15) is 18.1 Å². The van der Waals surface area contributed by atoms with Crippen LogP contribution in [0.4, 0.5) is 4.39 Å². The van der Waals surface area contributed by atoms with Crippen molar-refractivity contribution in [1.82, 2.24) is 9.88 Å². The summed E-state index contributed by atoms with van der Waals surface area (Å²) in [7, 11) is 0. The van der Waals surface area contributed by atoms with Crippen LogP contribution in [0.25, 0.3) is 0 Å². The molecule has 0 saturated carbocycles. The third-order valence-electron chi connectivity index (χ3n) is 3.27. The highest BCUT2D eigenvalue weighted by atomic mass is 32.1. The van der Waals surface area contributed by atoms with Crippen molar-refractivity contribution in [3.8, 4) is 0 Å². The Hall–Kier alpha value is -2.28. The molecule has 0 aliphatic carbocycles. The Morgan fingerprint density at radius 2 is 2.04 bits per heavy atom. The Balaban J connectivity index is 2.14. The zero-order valence-electron chi connectivity index (χ0n) is 13.5. The monoisotopic (exact) mass is 350 g/mol. The molecule has 128 valence electrons. The summed E-state index contributed by atoms with van der Waals surface area (Å²) in [6, 6.07) is 6.42. The number of carboxylic acid groups (broad SMARTS) is 1. The van der Waals surface area contributed by atoms with Crippen LogP contribution in [-0.4, -0.2) is 40.0 Å². The number of hydrogen-bond acceptors (Lipinski definition) is 4. The van der Waals surface area contributed by atoms with Crippen molar-refractivity contribution in [3.63, 3.8) is 0 Å². The van der Waals surface area contributed by atoms with Gasteiger partial charge in [0, 0.05) is 18.3 Å². The fraction of sp³-hybridized carbons (Fsp3) is 0.353. The number of carbonyl (C=O) groups is 2. The number of aromatic nitrogens is 1. The smallest absolute Gasteiger partial charge is 0.323 e. The summed E-state index contributed by atoms with van der Waals surface area (Å²) >= 11 is 1.26. The lowest BCUT2D eigenvalue weighted by Gasteiger charge is -2.21. The second-order valence-electron chi connectivity index (χ2n) is 5.87. The summed E-state index contributed by atoms with van der Waals surface area (Å²) in [6.07, 6.45) is 0.299. The lowest BCUT2D eigenvalue weighted by Crippen LogP contribution is -2.38. The second kappa shape index (κ2) is 8.01. The van der Waals surface area contributed by atoms with Crippen LogP contribution in [0.15, 0.2) is 29.6 Å². The SMILES string of the molecule is CC(C)CN(CC(=O)O)C(=O)c1csc(Cc2ccccc2F)n1. The predicted octanol–water partition coefficient (Wildman–Crippen LogP) is 3.06. The van der Waals surface area contributed by atoms with E-state index in [9.17, 15) is 14.0 Å². The van der Waals surface area contributed by atoms with Crippen molar-refractivity contribution in [2.45, 2.75) is 20.3 Å². The second-order valence-corrected chi connectivity index (χ2v) is 6.81. The largest absolute Gasteiger partial charge is 0.480 e. The Morgan fingerprint density at radius 1 is 1.33 bits per heavy atom. The average Bonchev–Trinajstić information content (AvgIpc) is 2.96. The molecule has 0 fully saturated rings. The van der Waals surface area contributed by atoms with Crippen LogP contribution in [0.1, 0.15) is 34.9 Å². The van der Waals surface area contributed by atoms with Gasteiger partial charge >= 0.3 is 5.97 Å². The molecule has 2 aromatic rings. The molecule has 0 bridgehead atoms. The van der Waals surface area contributed by atoms with Crippen LogP contribution >= 0.6 is 11.3 Å². The molecule has 1 amide bonds. The quantitative estimate of drug-likeness (QED) is 0.833. The maximum absolute atomic E-state index is 13.7. The molecule has 2 rings (SSSR count). The zero-order valence-corrected chi connectivity index (χ0v) is 14.3. The molecular formula is C17H19FN2O3S. The summed E-state index contributed by atoms with van der Waals surface area (Å²) in [5.74, 6) is -1.65. The first kappa shape index (κ1) is 18.1. The molecule has 0 unspecified atom stereocenters. The molecule has 24 heavy (non-hydrogen) atoms. The van der Waals surface area contributed by atoms with Gasteiger partial charge in [0.05, 0.1) is 5.01 Å². The molecule has 7 heteroatoms. The summed E-state index contributed by atoms with van der Waals surface area (Å²) in [5, 5.41) is 11.2. The van der Waals surface area contributed by atoms with E-state index in [-0.39, 0.29) is 24.0 Å². The molecule has 0 aliphatic heterocycles. The van der Waals surface area contributed by atoms with Crippen LogP contribution in [0.3, 0.4) is 0 Å². The van der Waals surface area contributed by atoms with Crippen molar-refractivity contribution in [2.75, 3.05) is 13.1 Å². The van der Waals surface area contributed by atoms with Crippen LogP contribution in [0, 0.1) is 11.7 Å². The third-order valence-corrected chi connectivity index (χ3v) is 4.12. The number of rotatable bonds is 7. The van der Waals surface area contributed by atoms with Crippen molar-refractivity contribution in [2.24, 2.45) is 5.92 Å². The number of aliphatic carboxylic acids is 1. The minimum Gasteiger partial charge on any atom is -0.480 e. The molecule has 1 heterocycles. The maximum Gasteiger partial charge on any atom is 0.323 e. The van der Waals surface area contributed by atoms with Crippen LogP contribution < -0.4 is 0 Å². The summed E-state index contributed by atoms with van der Waals surface area (Å²) in [5.41, 5.74) is 0.712. The van der Waals surface area contributed by atoms with Gasteiger partial charge in [-0.2, -0.15) is 0 Å². The normalized spacial score (nSPS) is 10.8. The van der Waals surface area contributed by atoms with Gasteiger partial charge in [-0.25, -0.2) is 9.37 Å². The van der Waals surface area contributed by atoms with E-state index in [2.05, 4.69) is 4.98 Å². The first-order chi connectivity index (χ1) is 11.4. The predicted molar refractivity (Wildman–Crippen MR) is 89.7 cm³/mol. The molecular weight excluding hydrogens is 331 g/mol. The molecule has 1 aromatic heterocycles. The van der Waals surface area contributed by atoms with Crippen molar-refractivity contribution < 1.29 is 19.1 Å². The summed E-state index contributed by atoms with van der Waals surface area (Å²) in [4.78, 5) is 29.0. The summed E-state index contributed by atoms with van der Waals surface area (Å²) in [6.45, 7) is 3.79. The molecule has 1 aromatic carbocycles. The van der Waals surface area contributed by atoms with Crippen molar-refractivity contribution >= 4 is 23.2 Å². The Labute approximate surface area is 143 Å². The molecule has 0 spiro atoms. The van der Waals surface area contributed by atoms with E-state index in [0.29, 0.717) is 23.5 Å². The minimum atomic E-state index is -1.06. The minimum absolute atomic E-state index is 0.143. The fourth-order valence-electron chi connectivity index (χ4n) is 2.28. The van der Waals surface area contributed by atoms with E-state index < -0.39 is 11.9 Å². The molecule has 0 saturated heterocycles. The van der Waals surface area contributed by atoms with Gasteiger partial charge in [-0.1, -0.05) is 32.0 Å². The zero-order chi connectivity index (χ0) is 17.7. The van der Waals surface area contributed by atoms with Gasteiger partial charge in [-0.15, -0.1) is 11.3 Å². The van der Waals surface area contributed by atoms with E-state index in [0.717, 1.165) is 0 Å². The van der Waals surface area contributed by atoms with Gasteiger partial charge < -0.3 is 10.0 Å². The van der Waals surface area contributed by atoms with Gasteiger partial charge in [0.15, 0.2) is 0 Å². The standard InChI is InChI=1S/C17H19FN2O3S/c1-11(2)8-20(9-16(21)22)17(23)14-10-24-15(19-14)7-12-5-3-4-6-13(12)18/h3-6,10-11H,7-9H2,1-2H3,(H,21,22). The highest BCUT2D eigenvalue weighted by molar-refractivity contribution is 7.09. The third kappa shape index (κ3) is 4.86. The first-order valence-electron chi connectivity index (χ1n) is 7.55. The number of halogens is 1. The highest BCUT2D eigenvalue weighted by Crippen LogP contribution is 2.18. The number of amides is 1. The summed E-state index contributed by atoms with van der Waals surface area (Å²) < 4.78 is 13.7. The molecule has 0 aliphatic rings. The number of carbonyl (C=O) groups excluding carboxylic acids is 1. The van der Waals surface area contributed by atoms with Crippen LogP contribution in [0.5, 0.6) is 0 Å². The van der Waals surface area contributed by atoms with Gasteiger partial charge in [-0.05, 0) is 17.5 Å². The van der Waals surface area contributed by atoms with E-state index in [1.54, 1.807) is 23.6 Å². The van der Waals surface area contributed by atoms with Gasteiger partial charge in [0.2, 0.25) is 0 Å². The van der Waals surface area contributed by atoms with Gasteiger partial charge in [-0.3, -0.25) is 9.59 Å². The van der Waals surface area contributed by atoms with Crippen LogP contribution in [0.2, 0.25) is 0 Å². The molecule has 0 radical (unpaired) electrons. The van der Waals surface area contributed by atoms with E-state index >= 15 is 0 Å². The van der Waals surface area contributed by atoms with E-state index in [4.69, 9.17) is 5.11 Å². The van der Waals surface area contributed by atoms with E-state index in [1.807, 2.05) is 13.8 Å². The highest BCUT2D eigenvalue weighted by Gasteiger charge is 2.22. The Kier molecular flexibility index (Phi) is 6.03. The van der Waals surface area contributed by atoms with Crippen LogP contribution in [-0.2, 0) is 11.2 Å². The number of thiazole rings is 1. The molecule has 0 atom stereocenters. The van der Waals surface area contributed by atoms with Gasteiger partial charge in [0.25, 0.3) is 5.91 Å². The number of carboxylic acids is 1. The Morgan fingerprint density at radius 3 is 2.67 bits per heavy atom. The van der Waals surface area contributed by atoms with Crippen molar-refractivity contribution in [3.05, 3.63) is 51.7 Å². The molecule has 5 nitrogen and oxygen atoms in total. The number of benzene rings is 1. The number of hydrogen-bond donors (Lipinski definition) is 1. The lowest BCUT2D eigenvalue weighted by atomic mass is 10.1. The topological polar surface area (TPSA) is 70.5 Å². The van der Waals surface area contributed by atoms with E-state index in [1.165, 1.54) is 22.3 Å². The number of nitrogens with zero attached hydrogens (tertiary/aromatic N) is 2. The lowest BCUT2D eigenvalue weighted by molar-refractivity contribution is -0.137. The molecule has 1 N–H and O–H groups in total. The Bertz CT molecular complexity index is 730.